The molecule has 200 valence electrons. The molecule has 4 heteroatoms. The van der Waals surface area contributed by atoms with Gasteiger partial charge in [0.25, 0.3) is 5.69 Å². The highest BCUT2D eigenvalue weighted by Crippen LogP contribution is 2.41. The van der Waals surface area contributed by atoms with Crippen molar-refractivity contribution in [3.8, 4) is 11.5 Å². The van der Waals surface area contributed by atoms with Crippen LogP contribution in [0.25, 0.3) is 10.8 Å². The number of fused-ring (bicyclic) bond motifs is 3. The highest BCUT2D eigenvalue weighted by Gasteiger charge is 2.31. The maximum Gasteiger partial charge on any atom is 0.284 e. The third-order valence-electron chi connectivity index (χ3n) is 7.21. The minimum Gasteiger partial charge on any atom is -0.496 e. The first kappa shape index (κ1) is 26.7. The quantitative estimate of drug-likeness (QED) is 0.248. The normalized spacial score (nSPS) is 14.4. The highest BCUT2D eigenvalue weighted by atomic mass is 16.7. The Kier molecular flexibility index (Phi) is 6.62. The predicted molar refractivity (Wildman–Crippen MR) is 163 cm³/mol. The molecule has 1 aliphatic heterocycles. The number of ether oxygens (including phenoxy) is 1. The van der Waals surface area contributed by atoms with Crippen molar-refractivity contribution in [3.05, 3.63) is 94.0 Å². The van der Waals surface area contributed by atoms with Gasteiger partial charge in [-0.1, -0.05) is 77.9 Å². The van der Waals surface area contributed by atoms with E-state index < -0.39 is 0 Å². The summed E-state index contributed by atoms with van der Waals surface area (Å²) in [7, 11) is 1.74. The van der Waals surface area contributed by atoms with Crippen LogP contribution in [-0.4, -0.2) is 24.3 Å². The maximum absolute atomic E-state index is 6.92. The zero-order valence-corrected chi connectivity index (χ0v) is 24.6. The Balaban J connectivity index is 1.85. The van der Waals surface area contributed by atoms with Crippen molar-refractivity contribution in [2.24, 2.45) is 4.99 Å². The molecule has 4 nitrogen and oxygen atoms in total. The van der Waals surface area contributed by atoms with E-state index in [4.69, 9.17) is 14.6 Å². The Morgan fingerprint density at radius 2 is 1.41 bits per heavy atom. The molecule has 0 amide bonds. The van der Waals surface area contributed by atoms with Crippen LogP contribution in [0.5, 0.6) is 11.5 Å². The second-order valence-corrected chi connectivity index (χ2v) is 12.7. The Morgan fingerprint density at radius 3 is 2.05 bits per heavy atom. The molecule has 5 rings (SSSR count). The summed E-state index contributed by atoms with van der Waals surface area (Å²) < 4.78 is 7.91. The van der Waals surface area contributed by atoms with Gasteiger partial charge < -0.3 is 4.74 Å². The van der Waals surface area contributed by atoms with Gasteiger partial charge in [-0.2, -0.15) is 0 Å². The molecular formula is C35H39N2O2+. The van der Waals surface area contributed by atoms with Crippen molar-refractivity contribution < 1.29 is 14.3 Å². The van der Waals surface area contributed by atoms with Crippen molar-refractivity contribution in [3.63, 3.8) is 0 Å². The van der Waals surface area contributed by atoms with E-state index in [1.165, 1.54) is 11.1 Å². The standard InChI is InChI=1S/C35H39N2O2/c1-22-14-26-20-36-30-18-24-12-10-11-13-25(24)19-31(30)37(39-33(26)29(17-22)35(6,7)8)21-27-15-23(2)16-28(32(27)38-9)34(3,4)5/h10-21H,1-9H3/q+1/b36-20?,37-21-. The van der Waals surface area contributed by atoms with Gasteiger partial charge in [0, 0.05) is 33.7 Å². The number of rotatable bonds is 2. The molecule has 0 N–H and O–H groups in total. The van der Waals surface area contributed by atoms with Gasteiger partial charge in [0.1, 0.15) is 11.4 Å². The number of benzene rings is 4. The zero-order chi connectivity index (χ0) is 28.1. The minimum absolute atomic E-state index is 0.0843. The average molecular weight is 520 g/mol. The van der Waals surface area contributed by atoms with Crippen molar-refractivity contribution in [2.45, 2.75) is 66.2 Å². The summed E-state index contributed by atoms with van der Waals surface area (Å²) in [6, 6.07) is 21.4. The van der Waals surface area contributed by atoms with Crippen molar-refractivity contribution >= 4 is 34.6 Å². The first-order valence-electron chi connectivity index (χ1n) is 13.6. The van der Waals surface area contributed by atoms with Crippen LogP contribution in [-0.2, 0) is 10.8 Å². The Morgan fingerprint density at radius 1 is 0.795 bits per heavy atom. The molecule has 0 saturated carbocycles. The number of aryl methyl sites for hydroxylation is 2. The summed E-state index contributed by atoms with van der Waals surface area (Å²) in [5.74, 6) is 1.67. The lowest BCUT2D eigenvalue weighted by molar-refractivity contribution is -0.676. The molecule has 0 spiro atoms. The fourth-order valence-electron chi connectivity index (χ4n) is 5.24. The number of methoxy groups -OCH3 is 1. The monoisotopic (exact) mass is 519 g/mol. The fourth-order valence-corrected chi connectivity index (χ4v) is 5.24. The molecule has 1 heterocycles. The van der Waals surface area contributed by atoms with Gasteiger partial charge in [0.2, 0.25) is 12.0 Å². The molecule has 0 atom stereocenters. The Labute approximate surface area is 232 Å². The van der Waals surface area contributed by atoms with Gasteiger partial charge in [0.15, 0.2) is 0 Å². The average Bonchev–Trinajstić information content (AvgIpc) is 2.85. The van der Waals surface area contributed by atoms with Gasteiger partial charge in [-0.25, -0.2) is 9.83 Å². The molecule has 0 radical (unpaired) electrons. The minimum atomic E-state index is -0.124. The molecule has 0 bridgehead atoms. The lowest BCUT2D eigenvalue weighted by Crippen LogP contribution is -2.21. The maximum atomic E-state index is 6.92. The Hall–Kier alpha value is -3.92. The summed E-state index contributed by atoms with van der Waals surface area (Å²) in [5, 5.41) is 2.26. The Bertz CT molecular complexity index is 1650. The third kappa shape index (κ3) is 5.21. The van der Waals surface area contributed by atoms with Gasteiger partial charge in [0.05, 0.1) is 12.7 Å². The van der Waals surface area contributed by atoms with E-state index in [0.29, 0.717) is 0 Å². The summed E-state index contributed by atoms with van der Waals surface area (Å²) >= 11 is 0. The molecule has 39 heavy (non-hydrogen) atoms. The summed E-state index contributed by atoms with van der Waals surface area (Å²) in [5.41, 5.74) is 8.07. The van der Waals surface area contributed by atoms with Crippen LogP contribution in [0.15, 0.2) is 65.7 Å². The molecule has 1 aliphatic rings. The van der Waals surface area contributed by atoms with Gasteiger partial charge >= 0.3 is 0 Å². The fraction of sp³-hybridized carbons (Fsp3) is 0.314. The van der Waals surface area contributed by atoms with Crippen LogP contribution in [0.2, 0.25) is 0 Å². The largest absolute Gasteiger partial charge is 0.496 e. The first-order valence-corrected chi connectivity index (χ1v) is 13.6. The summed E-state index contributed by atoms with van der Waals surface area (Å²) in [4.78, 5) is 11.9. The van der Waals surface area contributed by atoms with E-state index in [9.17, 15) is 0 Å². The molecule has 0 unspecified atom stereocenters. The second-order valence-electron chi connectivity index (χ2n) is 12.7. The number of hydrogen-bond donors (Lipinski definition) is 0. The van der Waals surface area contributed by atoms with Crippen molar-refractivity contribution in [1.82, 2.24) is 0 Å². The highest BCUT2D eigenvalue weighted by molar-refractivity contribution is 5.94. The molecule has 0 aromatic heterocycles. The molecule has 0 fully saturated rings. The van der Waals surface area contributed by atoms with Crippen LogP contribution in [0.4, 0.5) is 11.4 Å². The van der Waals surface area contributed by atoms with E-state index in [-0.39, 0.29) is 10.8 Å². The van der Waals surface area contributed by atoms with E-state index in [1.54, 1.807) is 7.11 Å². The smallest absolute Gasteiger partial charge is 0.284 e. The summed E-state index contributed by atoms with van der Waals surface area (Å²) in [6.07, 6.45) is 3.99. The predicted octanol–water partition coefficient (Wildman–Crippen LogP) is 8.88. The van der Waals surface area contributed by atoms with Gasteiger partial charge in [-0.15, -0.1) is 0 Å². The van der Waals surface area contributed by atoms with Crippen LogP contribution in [0.1, 0.15) is 74.9 Å². The van der Waals surface area contributed by atoms with E-state index in [2.05, 4.69) is 116 Å². The number of hydrogen-bond acceptors (Lipinski definition) is 3. The summed E-state index contributed by atoms with van der Waals surface area (Å²) in [6.45, 7) is 17.5. The molecule has 0 saturated heterocycles. The van der Waals surface area contributed by atoms with Crippen LogP contribution in [0.3, 0.4) is 0 Å². The topological polar surface area (TPSA) is 33.8 Å². The lowest BCUT2D eigenvalue weighted by atomic mass is 9.84. The number of nitrogens with zero attached hydrogens (tertiary/aromatic N) is 2. The van der Waals surface area contributed by atoms with Crippen LogP contribution in [0, 0.1) is 13.8 Å². The molecule has 4 aromatic carbocycles. The zero-order valence-electron chi connectivity index (χ0n) is 24.6. The first-order chi connectivity index (χ1) is 18.3. The van der Waals surface area contributed by atoms with Gasteiger partial charge in [-0.05, 0) is 64.8 Å². The molecule has 4 aromatic rings. The lowest BCUT2D eigenvalue weighted by Gasteiger charge is -2.24. The van der Waals surface area contributed by atoms with Gasteiger partial charge in [-0.3, -0.25) is 0 Å². The van der Waals surface area contributed by atoms with E-state index >= 15 is 0 Å². The van der Waals surface area contributed by atoms with Crippen LogP contribution < -0.4 is 9.57 Å². The van der Waals surface area contributed by atoms with Crippen molar-refractivity contribution in [2.75, 3.05) is 7.11 Å². The van der Waals surface area contributed by atoms with Crippen LogP contribution >= 0.6 is 0 Å². The van der Waals surface area contributed by atoms with Crippen molar-refractivity contribution in [1.29, 1.82) is 0 Å². The SMILES string of the molecule is COc1c(/C=[N+]2\Oc3c(cc(C)cc3C(C)(C)C)C=Nc3cc4ccccc4cc32)cc(C)cc1C(C)(C)C. The van der Waals surface area contributed by atoms with E-state index in [1.807, 2.05) is 17.2 Å². The van der Waals surface area contributed by atoms with E-state index in [0.717, 1.165) is 55.9 Å². The second kappa shape index (κ2) is 9.68. The third-order valence-corrected chi connectivity index (χ3v) is 7.21. The number of aliphatic imine (C=N–C) groups is 1. The molecule has 0 aliphatic carbocycles. The molecular weight excluding hydrogens is 480 g/mol.